The van der Waals surface area contributed by atoms with Crippen molar-refractivity contribution in [2.75, 3.05) is 11.4 Å². The molecule has 7 nitrogen and oxygen atoms in total. The fraction of sp³-hybridized carbons (Fsp3) is 0.192. The van der Waals surface area contributed by atoms with Gasteiger partial charge in [-0.1, -0.05) is 18.4 Å². The van der Waals surface area contributed by atoms with Crippen LogP contribution in [0, 0.1) is 17.7 Å². The Morgan fingerprint density at radius 2 is 1.71 bits per heavy atom. The van der Waals surface area contributed by atoms with Crippen LogP contribution in [-0.2, 0) is 40.1 Å². The molecular weight excluding hydrogens is 581 g/mol. The molecular formula is C26H19F7N4O3S. The first-order valence-corrected chi connectivity index (χ1v) is 12.9. The quantitative estimate of drug-likeness (QED) is 0.295. The standard InChI is InChI=1S/C26H19F7N4O3S/c1-2-41(39,40)36-15-18-10-17(13-34-14-18)4-3-9-37(21-7-5-20(27)6-8-21)24(38)12-23-22(26(31,32)33)11-19(16-35-23)25(28,29)30/h2,5-8,10-11,13-14,16,36H,1,9,12,15H2. The Labute approximate surface area is 229 Å². The Morgan fingerprint density at radius 1 is 1.02 bits per heavy atom. The highest BCUT2D eigenvalue weighted by Gasteiger charge is 2.39. The minimum Gasteiger partial charge on any atom is -0.300 e. The number of hydrogen-bond donors (Lipinski definition) is 1. The molecule has 2 heterocycles. The zero-order valence-electron chi connectivity index (χ0n) is 20.7. The van der Waals surface area contributed by atoms with Gasteiger partial charge in [-0.3, -0.25) is 14.8 Å². The molecule has 0 aliphatic heterocycles. The van der Waals surface area contributed by atoms with Gasteiger partial charge in [0.15, 0.2) is 0 Å². The summed E-state index contributed by atoms with van der Waals surface area (Å²) in [4.78, 5) is 21.2. The van der Waals surface area contributed by atoms with E-state index in [1.807, 2.05) is 0 Å². The number of sulfonamides is 1. The molecule has 1 amide bonds. The molecule has 2 aromatic heterocycles. The molecule has 0 aliphatic carbocycles. The third-order valence-electron chi connectivity index (χ3n) is 5.32. The topological polar surface area (TPSA) is 92.3 Å². The summed E-state index contributed by atoms with van der Waals surface area (Å²) < 4.78 is 118. The summed E-state index contributed by atoms with van der Waals surface area (Å²) >= 11 is 0. The minimum absolute atomic E-state index is 0.0527. The molecule has 1 N–H and O–H groups in total. The van der Waals surface area contributed by atoms with E-state index in [2.05, 4.69) is 33.1 Å². The Morgan fingerprint density at radius 3 is 2.32 bits per heavy atom. The molecule has 41 heavy (non-hydrogen) atoms. The summed E-state index contributed by atoms with van der Waals surface area (Å²) in [5.41, 5.74) is -3.50. The highest BCUT2D eigenvalue weighted by atomic mass is 32.2. The second-order valence-corrected chi connectivity index (χ2v) is 9.98. The summed E-state index contributed by atoms with van der Waals surface area (Å²) in [7, 11) is -3.70. The molecule has 216 valence electrons. The Kier molecular flexibility index (Phi) is 9.51. The van der Waals surface area contributed by atoms with E-state index >= 15 is 0 Å². The summed E-state index contributed by atoms with van der Waals surface area (Å²) in [5, 5.41) is 0.725. The van der Waals surface area contributed by atoms with Crippen molar-refractivity contribution < 1.29 is 43.9 Å². The second kappa shape index (κ2) is 12.5. The van der Waals surface area contributed by atoms with Gasteiger partial charge in [0.1, 0.15) is 5.82 Å². The highest BCUT2D eigenvalue weighted by molar-refractivity contribution is 7.92. The van der Waals surface area contributed by atoms with E-state index in [0.717, 1.165) is 22.4 Å². The minimum atomic E-state index is -5.23. The van der Waals surface area contributed by atoms with E-state index in [1.165, 1.54) is 30.6 Å². The van der Waals surface area contributed by atoms with Crippen LogP contribution in [0.5, 0.6) is 0 Å². The summed E-state index contributed by atoms with van der Waals surface area (Å²) in [5.74, 6) is 3.66. The van der Waals surface area contributed by atoms with Crippen molar-refractivity contribution >= 4 is 21.6 Å². The molecule has 3 rings (SSSR count). The highest BCUT2D eigenvalue weighted by Crippen LogP contribution is 2.36. The lowest BCUT2D eigenvalue weighted by Crippen LogP contribution is -2.33. The maximum atomic E-state index is 13.6. The van der Waals surface area contributed by atoms with Crippen LogP contribution in [0.25, 0.3) is 0 Å². The molecule has 15 heteroatoms. The second-order valence-electron chi connectivity index (χ2n) is 8.26. The van der Waals surface area contributed by atoms with E-state index in [0.29, 0.717) is 11.1 Å². The molecule has 0 fully saturated rings. The van der Waals surface area contributed by atoms with Crippen LogP contribution in [0.3, 0.4) is 0 Å². The van der Waals surface area contributed by atoms with E-state index in [1.54, 1.807) is 0 Å². The summed E-state index contributed by atoms with van der Waals surface area (Å²) in [6, 6.07) is 5.72. The van der Waals surface area contributed by atoms with Gasteiger partial charge in [0, 0.05) is 41.8 Å². The predicted molar refractivity (Wildman–Crippen MR) is 134 cm³/mol. The molecule has 0 saturated carbocycles. The number of rotatable bonds is 8. The van der Waals surface area contributed by atoms with Crippen LogP contribution < -0.4 is 9.62 Å². The molecule has 0 saturated heterocycles. The van der Waals surface area contributed by atoms with Crippen LogP contribution in [-0.4, -0.2) is 30.8 Å². The predicted octanol–water partition coefficient (Wildman–Crippen LogP) is 4.84. The number of benzene rings is 1. The van der Waals surface area contributed by atoms with Crippen LogP contribution >= 0.6 is 0 Å². The fourth-order valence-corrected chi connectivity index (χ4v) is 3.82. The fourth-order valence-electron chi connectivity index (χ4n) is 3.33. The molecule has 1 aromatic carbocycles. The number of aromatic nitrogens is 2. The lowest BCUT2D eigenvalue weighted by molar-refractivity contribution is -0.143. The van der Waals surface area contributed by atoms with Gasteiger partial charge in [-0.05, 0) is 42.0 Å². The number of alkyl halides is 6. The molecule has 0 spiro atoms. The maximum absolute atomic E-state index is 13.6. The SMILES string of the molecule is C=CS(=O)(=O)NCc1cncc(C#CCN(C(=O)Cc2ncc(C(F)(F)F)cc2C(F)(F)F)c2ccc(F)cc2)c1. The van der Waals surface area contributed by atoms with Crippen molar-refractivity contribution in [1.29, 1.82) is 0 Å². The number of hydrogen-bond acceptors (Lipinski definition) is 5. The van der Waals surface area contributed by atoms with Crippen LogP contribution in [0.1, 0.15) is 27.9 Å². The lowest BCUT2D eigenvalue weighted by atomic mass is 10.1. The molecule has 3 aromatic rings. The zero-order valence-corrected chi connectivity index (χ0v) is 21.5. The number of nitrogens with one attached hydrogen (secondary N) is 1. The van der Waals surface area contributed by atoms with Gasteiger partial charge in [-0.2, -0.15) is 26.3 Å². The van der Waals surface area contributed by atoms with E-state index in [-0.39, 0.29) is 24.5 Å². The van der Waals surface area contributed by atoms with Crippen LogP contribution in [0.15, 0.2) is 67.0 Å². The Bertz CT molecular complexity index is 1590. The third-order valence-corrected chi connectivity index (χ3v) is 6.31. The normalized spacial score (nSPS) is 11.9. The summed E-state index contributed by atoms with van der Waals surface area (Å²) in [6.07, 6.45) is -8.44. The van der Waals surface area contributed by atoms with Crippen molar-refractivity contribution in [3.63, 3.8) is 0 Å². The van der Waals surface area contributed by atoms with Gasteiger partial charge in [0.25, 0.3) is 0 Å². The van der Waals surface area contributed by atoms with Crippen molar-refractivity contribution in [1.82, 2.24) is 14.7 Å². The molecule has 0 bridgehead atoms. The first-order valence-electron chi connectivity index (χ1n) is 11.3. The largest absolute Gasteiger partial charge is 0.418 e. The molecule has 0 radical (unpaired) electrons. The number of halogens is 7. The van der Waals surface area contributed by atoms with E-state index < -0.39 is 63.9 Å². The van der Waals surface area contributed by atoms with Crippen LogP contribution in [0.4, 0.5) is 36.4 Å². The van der Waals surface area contributed by atoms with E-state index in [9.17, 15) is 43.9 Å². The summed E-state index contributed by atoms with van der Waals surface area (Å²) in [6.45, 7) is 2.63. The molecule has 0 atom stereocenters. The number of pyridine rings is 2. The van der Waals surface area contributed by atoms with Gasteiger partial charge in [0.05, 0.1) is 29.8 Å². The van der Waals surface area contributed by atoms with Gasteiger partial charge in [-0.15, -0.1) is 0 Å². The average molecular weight is 601 g/mol. The number of carbonyl (C=O) groups excluding carboxylic acids is 1. The first-order chi connectivity index (χ1) is 19.1. The van der Waals surface area contributed by atoms with Gasteiger partial charge < -0.3 is 4.90 Å². The number of amides is 1. The average Bonchev–Trinajstić information content (AvgIpc) is 2.90. The van der Waals surface area contributed by atoms with Crippen molar-refractivity contribution in [2.45, 2.75) is 25.3 Å². The van der Waals surface area contributed by atoms with Gasteiger partial charge >= 0.3 is 12.4 Å². The third kappa shape index (κ3) is 8.85. The Balaban J connectivity index is 1.89. The zero-order chi connectivity index (χ0) is 30.4. The lowest BCUT2D eigenvalue weighted by Gasteiger charge is -2.21. The van der Waals surface area contributed by atoms with Gasteiger partial charge in [-0.25, -0.2) is 17.5 Å². The monoisotopic (exact) mass is 600 g/mol. The number of anilines is 1. The molecule has 0 unspecified atom stereocenters. The maximum Gasteiger partial charge on any atom is 0.418 e. The van der Waals surface area contributed by atoms with Crippen LogP contribution in [0.2, 0.25) is 0 Å². The smallest absolute Gasteiger partial charge is 0.300 e. The van der Waals surface area contributed by atoms with Crippen molar-refractivity contribution in [3.05, 3.63) is 101 Å². The number of nitrogens with zero attached hydrogens (tertiary/aromatic N) is 3. The van der Waals surface area contributed by atoms with Crippen molar-refractivity contribution in [3.8, 4) is 11.8 Å². The van der Waals surface area contributed by atoms with Crippen molar-refractivity contribution in [2.24, 2.45) is 0 Å². The first kappa shape index (κ1) is 31.2. The number of carbonyl (C=O) groups is 1. The molecule has 0 aliphatic rings. The Hall–Kier alpha value is -4.29. The van der Waals surface area contributed by atoms with Gasteiger partial charge in [0.2, 0.25) is 15.9 Å². The van der Waals surface area contributed by atoms with E-state index in [4.69, 9.17) is 0 Å².